The van der Waals surface area contributed by atoms with Crippen molar-refractivity contribution in [1.29, 1.82) is 0 Å². The molecule has 1 saturated heterocycles. The lowest BCUT2D eigenvalue weighted by atomic mass is 10.1. The molecule has 1 aliphatic heterocycles. The first-order chi connectivity index (χ1) is 11.6. The largest absolute Gasteiger partial charge is 0.465 e. The highest BCUT2D eigenvalue weighted by Crippen LogP contribution is 2.25. The number of carbonyl (C=O) groups is 2. The van der Waals surface area contributed by atoms with Gasteiger partial charge in [-0.2, -0.15) is 0 Å². The molecule has 24 heavy (non-hydrogen) atoms. The number of morpholine rings is 1. The fourth-order valence-corrected chi connectivity index (χ4v) is 2.42. The van der Waals surface area contributed by atoms with Crippen LogP contribution in [0.15, 0.2) is 18.2 Å². The Bertz CT molecular complexity index is 587. The highest BCUT2D eigenvalue weighted by atomic mass is 16.5. The van der Waals surface area contributed by atoms with Crippen molar-refractivity contribution in [3.63, 3.8) is 0 Å². The van der Waals surface area contributed by atoms with E-state index < -0.39 is 17.9 Å². The first-order valence-corrected chi connectivity index (χ1v) is 7.67. The van der Waals surface area contributed by atoms with Crippen LogP contribution in [0.3, 0.4) is 0 Å². The zero-order valence-corrected chi connectivity index (χ0v) is 13.9. The van der Waals surface area contributed by atoms with Gasteiger partial charge in [-0.05, 0) is 18.2 Å². The van der Waals surface area contributed by atoms with Crippen molar-refractivity contribution >= 4 is 23.3 Å². The lowest BCUT2D eigenvalue weighted by molar-refractivity contribution is -0.118. The second kappa shape index (κ2) is 8.62. The van der Waals surface area contributed by atoms with Crippen LogP contribution in [0.5, 0.6) is 0 Å². The third-order valence-electron chi connectivity index (χ3n) is 3.73. The van der Waals surface area contributed by atoms with Crippen molar-refractivity contribution < 1.29 is 23.8 Å². The van der Waals surface area contributed by atoms with E-state index in [4.69, 9.17) is 19.9 Å². The van der Waals surface area contributed by atoms with Crippen LogP contribution in [0.2, 0.25) is 0 Å². The number of nitrogens with one attached hydrogen (secondary N) is 1. The third-order valence-corrected chi connectivity index (χ3v) is 3.73. The molecule has 2 rings (SSSR count). The van der Waals surface area contributed by atoms with Crippen LogP contribution in [-0.2, 0) is 19.0 Å². The number of anilines is 2. The Kier molecular flexibility index (Phi) is 6.53. The predicted molar refractivity (Wildman–Crippen MR) is 89.3 cm³/mol. The third kappa shape index (κ3) is 4.44. The molecular weight excluding hydrogens is 314 g/mol. The Morgan fingerprint density at radius 2 is 2.04 bits per heavy atom. The first-order valence-electron chi connectivity index (χ1n) is 7.67. The van der Waals surface area contributed by atoms with Crippen LogP contribution in [0.1, 0.15) is 10.4 Å². The highest BCUT2D eigenvalue weighted by molar-refractivity contribution is 6.03. The van der Waals surface area contributed by atoms with E-state index in [9.17, 15) is 9.59 Å². The summed E-state index contributed by atoms with van der Waals surface area (Å²) in [6, 6.07) is 4.40. The Hall–Kier alpha value is -2.16. The molecule has 0 saturated carbocycles. The maximum Gasteiger partial charge on any atom is 0.340 e. The molecule has 1 heterocycles. The molecule has 0 radical (unpaired) electrons. The highest BCUT2D eigenvalue weighted by Gasteiger charge is 2.20. The SMILES string of the molecule is COCC(N)C(=O)Nc1ccc(N2CCOCC2)cc1C(=O)OC. The summed E-state index contributed by atoms with van der Waals surface area (Å²) in [5.41, 5.74) is 7.21. The van der Waals surface area contributed by atoms with E-state index in [2.05, 4.69) is 10.2 Å². The molecular formula is C16H23N3O5. The van der Waals surface area contributed by atoms with Gasteiger partial charge in [0.05, 0.1) is 38.2 Å². The van der Waals surface area contributed by atoms with Gasteiger partial charge in [-0.25, -0.2) is 4.79 Å². The Morgan fingerprint density at radius 3 is 2.67 bits per heavy atom. The molecule has 1 fully saturated rings. The average Bonchev–Trinajstić information content (AvgIpc) is 2.62. The van der Waals surface area contributed by atoms with Crippen LogP contribution < -0.4 is 16.0 Å². The van der Waals surface area contributed by atoms with Crippen LogP contribution in [0.25, 0.3) is 0 Å². The van der Waals surface area contributed by atoms with Gasteiger partial charge in [0.1, 0.15) is 6.04 Å². The molecule has 1 unspecified atom stereocenters. The maximum atomic E-state index is 12.1. The number of carbonyl (C=O) groups excluding carboxylic acids is 2. The fourth-order valence-electron chi connectivity index (χ4n) is 2.42. The summed E-state index contributed by atoms with van der Waals surface area (Å²) in [6.45, 7) is 2.84. The van der Waals surface area contributed by atoms with Crippen molar-refractivity contribution in [1.82, 2.24) is 0 Å². The predicted octanol–water partition coefficient (Wildman–Crippen LogP) is 0.222. The van der Waals surface area contributed by atoms with Crippen molar-refractivity contribution in [3.8, 4) is 0 Å². The summed E-state index contributed by atoms with van der Waals surface area (Å²) < 4.78 is 15.0. The van der Waals surface area contributed by atoms with Gasteiger partial charge in [-0.15, -0.1) is 0 Å². The number of ether oxygens (including phenoxy) is 3. The number of hydrogen-bond acceptors (Lipinski definition) is 7. The van der Waals surface area contributed by atoms with Crippen LogP contribution >= 0.6 is 0 Å². The smallest absolute Gasteiger partial charge is 0.340 e. The van der Waals surface area contributed by atoms with Gasteiger partial charge >= 0.3 is 5.97 Å². The van der Waals surface area contributed by atoms with Gasteiger partial charge in [-0.1, -0.05) is 0 Å². The normalized spacial score (nSPS) is 15.7. The Morgan fingerprint density at radius 1 is 1.33 bits per heavy atom. The number of methoxy groups -OCH3 is 2. The van der Waals surface area contributed by atoms with Crippen molar-refractivity contribution in [2.45, 2.75) is 6.04 Å². The van der Waals surface area contributed by atoms with Crippen LogP contribution in [-0.4, -0.2) is 65.0 Å². The summed E-state index contributed by atoms with van der Waals surface area (Å²) in [5.74, 6) is -0.957. The van der Waals surface area contributed by atoms with Gasteiger partial charge in [0.25, 0.3) is 0 Å². The monoisotopic (exact) mass is 337 g/mol. The molecule has 8 nitrogen and oxygen atoms in total. The number of nitrogens with zero attached hydrogens (tertiary/aromatic N) is 1. The Labute approximate surface area is 140 Å². The standard InChI is InChI=1S/C16H23N3O5/c1-22-10-13(17)15(20)18-14-4-3-11(9-12(14)16(21)23-2)19-5-7-24-8-6-19/h3-4,9,13H,5-8,10,17H2,1-2H3,(H,18,20). The van der Waals surface area contributed by atoms with Crippen LogP contribution in [0.4, 0.5) is 11.4 Å². The van der Waals surface area contributed by atoms with Gasteiger partial charge in [0, 0.05) is 25.9 Å². The van der Waals surface area contributed by atoms with Crippen molar-refractivity contribution in [3.05, 3.63) is 23.8 Å². The molecule has 0 spiro atoms. The van der Waals surface area contributed by atoms with Crippen LogP contribution in [0, 0.1) is 0 Å². The zero-order valence-electron chi connectivity index (χ0n) is 13.9. The minimum atomic E-state index is -0.820. The lowest BCUT2D eigenvalue weighted by Gasteiger charge is -2.29. The second-order valence-electron chi connectivity index (χ2n) is 5.37. The molecule has 1 atom stereocenters. The molecule has 3 N–H and O–H groups in total. The molecule has 1 amide bonds. The molecule has 132 valence electrons. The second-order valence-corrected chi connectivity index (χ2v) is 5.37. The van der Waals surface area contributed by atoms with Crippen molar-refractivity contribution in [2.75, 3.05) is 57.3 Å². The fraction of sp³-hybridized carbons (Fsp3) is 0.500. The number of rotatable bonds is 6. The molecule has 1 aromatic carbocycles. The number of amides is 1. The number of nitrogens with two attached hydrogens (primary N) is 1. The van der Waals surface area contributed by atoms with E-state index in [-0.39, 0.29) is 12.2 Å². The van der Waals surface area contributed by atoms with Gasteiger partial charge in [-0.3, -0.25) is 4.79 Å². The van der Waals surface area contributed by atoms with Crippen molar-refractivity contribution in [2.24, 2.45) is 5.73 Å². The molecule has 0 aromatic heterocycles. The maximum absolute atomic E-state index is 12.1. The van der Waals surface area contributed by atoms with Gasteiger partial charge in [0.2, 0.25) is 5.91 Å². The summed E-state index contributed by atoms with van der Waals surface area (Å²) in [5, 5.41) is 2.65. The molecule has 0 aliphatic carbocycles. The van der Waals surface area contributed by atoms with E-state index in [1.54, 1.807) is 12.1 Å². The summed E-state index contributed by atoms with van der Waals surface area (Å²) in [6.07, 6.45) is 0. The molecule has 1 aromatic rings. The lowest BCUT2D eigenvalue weighted by Crippen LogP contribution is -2.39. The molecule has 8 heteroatoms. The van der Waals surface area contributed by atoms with Gasteiger partial charge in [0.15, 0.2) is 0 Å². The number of benzene rings is 1. The zero-order chi connectivity index (χ0) is 17.5. The van der Waals surface area contributed by atoms with Gasteiger partial charge < -0.3 is 30.2 Å². The molecule has 1 aliphatic rings. The Balaban J connectivity index is 2.23. The summed E-state index contributed by atoms with van der Waals surface area (Å²) in [4.78, 5) is 26.2. The van der Waals surface area contributed by atoms with E-state index in [0.29, 0.717) is 18.9 Å². The summed E-state index contributed by atoms with van der Waals surface area (Å²) >= 11 is 0. The summed E-state index contributed by atoms with van der Waals surface area (Å²) in [7, 11) is 2.76. The first kappa shape index (κ1) is 18.2. The minimum absolute atomic E-state index is 0.0885. The van der Waals surface area contributed by atoms with E-state index in [1.165, 1.54) is 14.2 Å². The quantitative estimate of drug-likeness (QED) is 0.716. The average molecular weight is 337 g/mol. The topological polar surface area (TPSA) is 103 Å². The number of esters is 1. The van der Waals surface area contributed by atoms with E-state index in [0.717, 1.165) is 18.8 Å². The number of hydrogen-bond donors (Lipinski definition) is 2. The van der Waals surface area contributed by atoms with E-state index in [1.807, 2.05) is 6.07 Å². The minimum Gasteiger partial charge on any atom is -0.465 e. The molecule has 0 bridgehead atoms. The van der Waals surface area contributed by atoms with E-state index >= 15 is 0 Å².